The zero-order chi connectivity index (χ0) is 12.7. The lowest BCUT2D eigenvalue weighted by molar-refractivity contribution is -0.315. The molecule has 6 N–H and O–H groups in total. The highest BCUT2D eigenvalue weighted by molar-refractivity contribution is 4.76. The Morgan fingerprint density at radius 2 is 1.06 bits per heavy atom. The molecule has 0 aromatic carbocycles. The zero-order valence-corrected chi connectivity index (χ0v) is 9.34. The first-order valence-corrected chi connectivity index (χ1v) is 5.39. The van der Waals surface area contributed by atoms with E-state index in [0.29, 0.717) is 25.7 Å². The molecule has 0 aromatic rings. The molecule has 0 unspecified atom stereocenters. The topological polar surface area (TPSA) is 121 Å². The highest BCUT2D eigenvalue weighted by Crippen LogP contribution is 2.24. The summed E-state index contributed by atoms with van der Waals surface area (Å²) in [6.45, 7) is -0.863. The third-order valence-corrected chi connectivity index (χ3v) is 2.73. The van der Waals surface area contributed by atoms with Gasteiger partial charge < -0.3 is 30.6 Å². The molecule has 16 heavy (non-hydrogen) atoms. The van der Waals surface area contributed by atoms with Crippen molar-refractivity contribution in [2.45, 2.75) is 38.1 Å². The van der Waals surface area contributed by atoms with Crippen molar-refractivity contribution in [3.8, 4) is 0 Å². The molecule has 0 aliphatic carbocycles. The van der Waals surface area contributed by atoms with Gasteiger partial charge in [-0.25, -0.2) is 0 Å². The number of aliphatic hydroxyl groups excluding tert-OH is 3. The van der Waals surface area contributed by atoms with E-state index in [1.54, 1.807) is 0 Å². The predicted molar refractivity (Wildman–Crippen MR) is 56.2 cm³/mol. The van der Waals surface area contributed by atoms with Crippen LogP contribution in [0.3, 0.4) is 0 Å². The Morgan fingerprint density at radius 3 is 1.44 bits per heavy atom. The molecule has 6 nitrogen and oxygen atoms in total. The summed E-state index contributed by atoms with van der Waals surface area (Å²) in [6.07, 6.45) is 1.97. The van der Waals surface area contributed by atoms with Crippen molar-refractivity contribution >= 4 is 0 Å². The van der Waals surface area contributed by atoms with Crippen LogP contribution < -0.4 is 0 Å². The fourth-order valence-corrected chi connectivity index (χ4v) is 1.43. The minimum Gasteiger partial charge on any atom is -0.396 e. The minimum atomic E-state index is -2.62. The van der Waals surface area contributed by atoms with E-state index in [2.05, 4.69) is 0 Å². The van der Waals surface area contributed by atoms with E-state index in [-0.39, 0.29) is 26.2 Å². The number of unbranched alkanes of at least 4 members (excludes halogenated alkanes) is 2. The standard InChI is InChI=1S/C10H22O6/c11-6-9(7-12,8-13)4-2-1-3-5-10(14,15)16/h11-16H,1-8H2. The van der Waals surface area contributed by atoms with Gasteiger partial charge in [-0.3, -0.25) is 0 Å². The second-order valence-corrected chi connectivity index (χ2v) is 4.31. The Hall–Kier alpha value is -0.240. The summed E-state index contributed by atoms with van der Waals surface area (Å²) in [5.74, 6) is -2.62. The van der Waals surface area contributed by atoms with Gasteiger partial charge in [-0.05, 0) is 12.8 Å². The van der Waals surface area contributed by atoms with Crippen LogP contribution in [-0.4, -0.2) is 56.4 Å². The highest BCUT2D eigenvalue weighted by Gasteiger charge is 2.27. The molecule has 0 saturated heterocycles. The molecule has 0 saturated carbocycles. The summed E-state index contributed by atoms with van der Waals surface area (Å²) >= 11 is 0. The Balaban J connectivity index is 3.71. The van der Waals surface area contributed by atoms with Gasteiger partial charge in [-0.15, -0.1) is 0 Å². The van der Waals surface area contributed by atoms with Crippen molar-refractivity contribution in [3.05, 3.63) is 0 Å². The lowest BCUT2D eigenvalue weighted by atomic mass is 9.85. The molecule has 0 aliphatic rings. The van der Waals surface area contributed by atoms with Crippen molar-refractivity contribution in [3.63, 3.8) is 0 Å². The van der Waals surface area contributed by atoms with Crippen LogP contribution in [0.15, 0.2) is 0 Å². The van der Waals surface area contributed by atoms with E-state index in [0.717, 1.165) is 0 Å². The normalized spacial score (nSPS) is 13.1. The van der Waals surface area contributed by atoms with E-state index < -0.39 is 11.4 Å². The van der Waals surface area contributed by atoms with E-state index >= 15 is 0 Å². The van der Waals surface area contributed by atoms with Gasteiger partial charge >= 0.3 is 0 Å². The second-order valence-electron chi connectivity index (χ2n) is 4.31. The highest BCUT2D eigenvalue weighted by atomic mass is 16.7. The van der Waals surface area contributed by atoms with Gasteiger partial charge in [0.05, 0.1) is 19.8 Å². The van der Waals surface area contributed by atoms with Gasteiger partial charge in [-0.1, -0.05) is 12.8 Å². The number of rotatable bonds is 9. The smallest absolute Gasteiger partial charge is 0.275 e. The van der Waals surface area contributed by atoms with Crippen LogP contribution >= 0.6 is 0 Å². The van der Waals surface area contributed by atoms with Crippen molar-refractivity contribution in [2.75, 3.05) is 19.8 Å². The van der Waals surface area contributed by atoms with Crippen molar-refractivity contribution < 1.29 is 30.6 Å². The fourth-order valence-electron chi connectivity index (χ4n) is 1.43. The predicted octanol–water partition coefficient (Wildman–Crippen LogP) is -1.47. The van der Waals surface area contributed by atoms with Gasteiger partial charge in [0, 0.05) is 11.8 Å². The quantitative estimate of drug-likeness (QED) is 0.215. The summed E-state index contributed by atoms with van der Waals surface area (Å²) in [4.78, 5) is 0. The molecule has 0 spiro atoms. The van der Waals surface area contributed by atoms with Gasteiger partial charge in [0.25, 0.3) is 5.97 Å². The first-order chi connectivity index (χ1) is 7.39. The molecular weight excluding hydrogens is 216 g/mol. The summed E-state index contributed by atoms with van der Waals surface area (Å²) in [6, 6.07) is 0. The molecular formula is C10H22O6. The van der Waals surface area contributed by atoms with Gasteiger partial charge in [0.1, 0.15) is 0 Å². The maximum atomic E-state index is 9.02. The molecule has 0 atom stereocenters. The zero-order valence-electron chi connectivity index (χ0n) is 9.34. The average Bonchev–Trinajstić information content (AvgIpc) is 2.23. The molecule has 0 aromatic heterocycles. The van der Waals surface area contributed by atoms with Crippen molar-refractivity contribution in [1.82, 2.24) is 0 Å². The first-order valence-electron chi connectivity index (χ1n) is 5.39. The van der Waals surface area contributed by atoms with Crippen LogP contribution in [-0.2, 0) is 0 Å². The summed E-state index contributed by atoms with van der Waals surface area (Å²) in [7, 11) is 0. The second kappa shape index (κ2) is 7.16. The van der Waals surface area contributed by atoms with Gasteiger partial charge in [0.15, 0.2) is 0 Å². The van der Waals surface area contributed by atoms with Crippen LogP contribution in [0.2, 0.25) is 0 Å². The third-order valence-electron chi connectivity index (χ3n) is 2.73. The molecule has 0 heterocycles. The molecule has 0 amide bonds. The molecule has 0 bridgehead atoms. The molecule has 0 rings (SSSR count). The minimum absolute atomic E-state index is 0.141. The maximum Gasteiger partial charge on any atom is 0.275 e. The number of hydrogen-bond acceptors (Lipinski definition) is 6. The lowest BCUT2D eigenvalue weighted by Gasteiger charge is -2.27. The molecule has 0 fully saturated rings. The summed E-state index contributed by atoms with van der Waals surface area (Å²) in [5, 5.41) is 52.9. The van der Waals surface area contributed by atoms with Crippen LogP contribution in [0.1, 0.15) is 32.1 Å². The number of hydrogen-bond donors (Lipinski definition) is 6. The van der Waals surface area contributed by atoms with Crippen LogP contribution in [0.25, 0.3) is 0 Å². The average molecular weight is 238 g/mol. The van der Waals surface area contributed by atoms with E-state index in [1.807, 2.05) is 0 Å². The molecule has 0 aliphatic heterocycles. The Kier molecular flexibility index (Phi) is 7.05. The Bertz CT molecular complexity index is 164. The van der Waals surface area contributed by atoms with E-state index in [4.69, 9.17) is 30.6 Å². The molecule has 6 heteroatoms. The fraction of sp³-hybridized carbons (Fsp3) is 1.00. The van der Waals surface area contributed by atoms with Crippen molar-refractivity contribution in [1.29, 1.82) is 0 Å². The van der Waals surface area contributed by atoms with Crippen LogP contribution in [0, 0.1) is 5.41 Å². The monoisotopic (exact) mass is 238 g/mol. The summed E-state index contributed by atoms with van der Waals surface area (Å²) < 4.78 is 0. The Labute approximate surface area is 94.8 Å². The van der Waals surface area contributed by atoms with Crippen LogP contribution in [0.5, 0.6) is 0 Å². The first kappa shape index (κ1) is 15.8. The lowest BCUT2D eigenvalue weighted by Crippen LogP contribution is -2.33. The number of aliphatic hydroxyl groups is 6. The van der Waals surface area contributed by atoms with Gasteiger partial charge in [-0.2, -0.15) is 0 Å². The van der Waals surface area contributed by atoms with Crippen molar-refractivity contribution in [2.24, 2.45) is 5.41 Å². The SMILES string of the molecule is OCC(CO)(CO)CCCCCC(O)(O)O. The Morgan fingerprint density at radius 1 is 0.625 bits per heavy atom. The molecule has 0 radical (unpaired) electrons. The van der Waals surface area contributed by atoms with Gasteiger partial charge in [0.2, 0.25) is 0 Å². The third kappa shape index (κ3) is 6.37. The maximum absolute atomic E-state index is 9.02. The van der Waals surface area contributed by atoms with E-state index in [1.165, 1.54) is 0 Å². The largest absolute Gasteiger partial charge is 0.396 e. The van der Waals surface area contributed by atoms with Crippen LogP contribution in [0.4, 0.5) is 0 Å². The molecule has 98 valence electrons. The summed E-state index contributed by atoms with van der Waals surface area (Å²) in [5.41, 5.74) is -0.866. The van der Waals surface area contributed by atoms with E-state index in [9.17, 15) is 0 Å².